The molecule has 0 aliphatic carbocycles. The second kappa shape index (κ2) is 12.1. The van der Waals surface area contributed by atoms with E-state index in [9.17, 15) is 9.59 Å². The third kappa shape index (κ3) is 6.99. The molecule has 1 atom stereocenters. The number of hydrogen-bond acceptors (Lipinski definition) is 3. The average molecular weight is 447 g/mol. The van der Waals surface area contributed by atoms with Crippen molar-refractivity contribution in [3.05, 3.63) is 107 Å². The minimum absolute atomic E-state index is 0.0306. The molecule has 1 N–H and O–H groups in total. The fourth-order valence-corrected chi connectivity index (χ4v) is 4.51. The summed E-state index contributed by atoms with van der Waals surface area (Å²) in [5.41, 5.74) is 4.36. The van der Waals surface area contributed by atoms with E-state index >= 15 is 0 Å². The molecule has 32 heavy (non-hydrogen) atoms. The van der Waals surface area contributed by atoms with Crippen molar-refractivity contribution in [2.24, 2.45) is 0 Å². The van der Waals surface area contributed by atoms with Crippen LogP contribution in [0.25, 0.3) is 0 Å². The van der Waals surface area contributed by atoms with E-state index in [4.69, 9.17) is 0 Å². The van der Waals surface area contributed by atoms with Crippen LogP contribution in [-0.4, -0.2) is 35.6 Å². The Morgan fingerprint density at radius 3 is 2.12 bits per heavy atom. The van der Waals surface area contributed by atoms with Crippen LogP contribution in [0.1, 0.15) is 22.3 Å². The molecule has 5 heteroatoms. The van der Waals surface area contributed by atoms with Crippen LogP contribution in [0.5, 0.6) is 0 Å². The van der Waals surface area contributed by atoms with Gasteiger partial charge < -0.3 is 10.2 Å². The van der Waals surface area contributed by atoms with E-state index in [0.717, 1.165) is 22.4 Å². The van der Waals surface area contributed by atoms with Crippen molar-refractivity contribution in [2.45, 2.75) is 31.7 Å². The second-order valence-corrected chi connectivity index (χ2v) is 8.79. The van der Waals surface area contributed by atoms with Gasteiger partial charge in [-0.15, -0.1) is 11.8 Å². The molecule has 166 valence electrons. The Labute approximate surface area is 195 Å². The van der Waals surface area contributed by atoms with E-state index in [1.165, 1.54) is 5.56 Å². The van der Waals surface area contributed by atoms with Crippen molar-refractivity contribution in [3.8, 4) is 0 Å². The first kappa shape index (κ1) is 23.6. The number of rotatable bonds is 10. The number of thioether (sulfide) groups is 1. The summed E-state index contributed by atoms with van der Waals surface area (Å²) in [6.07, 6.45) is 0.474. The Bertz CT molecular complexity index is 1010. The number of nitrogens with one attached hydrogen (secondary N) is 1. The molecular formula is C27H30N2O2S. The Balaban J connectivity index is 1.81. The van der Waals surface area contributed by atoms with Gasteiger partial charge in [0.1, 0.15) is 6.04 Å². The average Bonchev–Trinajstić information content (AvgIpc) is 2.82. The molecule has 4 nitrogen and oxygen atoms in total. The summed E-state index contributed by atoms with van der Waals surface area (Å²) in [7, 11) is 1.62. The van der Waals surface area contributed by atoms with Gasteiger partial charge in [-0.3, -0.25) is 9.59 Å². The summed E-state index contributed by atoms with van der Waals surface area (Å²) in [5, 5.41) is 2.76. The predicted molar refractivity (Wildman–Crippen MR) is 132 cm³/mol. The van der Waals surface area contributed by atoms with Gasteiger partial charge in [-0.1, -0.05) is 90.5 Å². The largest absolute Gasteiger partial charge is 0.357 e. The van der Waals surface area contributed by atoms with E-state index < -0.39 is 6.04 Å². The molecule has 0 fully saturated rings. The third-order valence-electron chi connectivity index (χ3n) is 5.29. The lowest BCUT2D eigenvalue weighted by Crippen LogP contribution is -2.50. The van der Waals surface area contributed by atoms with Crippen molar-refractivity contribution in [1.82, 2.24) is 10.2 Å². The smallest absolute Gasteiger partial charge is 0.242 e. The molecular weight excluding hydrogens is 416 g/mol. The molecule has 0 aliphatic rings. The number of carbonyl (C=O) groups is 2. The van der Waals surface area contributed by atoms with Gasteiger partial charge >= 0.3 is 0 Å². The highest BCUT2D eigenvalue weighted by molar-refractivity contribution is 7.99. The Morgan fingerprint density at radius 2 is 1.50 bits per heavy atom. The summed E-state index contributed by atoms with van der Waals surface area (Å²) in [6.45, 7) is 2.43. The van der Waals surface area contributed by atoms with Crippen LogP contribution in [0.3, 0.4) is 0 Å². The molecule has 0 saturated heterocycles. The topological polar surface area (TPSA) is 49.4 Å². The number of amides is 2. The first-order valence-corrected chi connectivity index (χ1v) is 11.9. The SMILES string of the molecule is CNC(=O)C(Cc1ccccc1)N(Cc1cccc(C)c1)C(=O)CSCc1ccccc1. The van der Waals surface area contributed by atoms with Crippen LogP contribution in [0, 0.1) is 6.92 Å². The molecule has 0 bridgehead atoms. The monoisotopic (exact) mass is 446 g/mol. The van der Waals surface area contributed by atoms with Gasteiger partial charge in [0.25, 0.3) is 0 Å². The molecule has 3 aromatic carbocycles. The van der Waals surface area contributed by atoms with E-state index in [2.05, 4.69) is 23.5 Å². The van der Waals surface area contributed by atoms with Gasteiger partial charge in [0.2, 0.25) is 11.8 Å². The lowest BCUT2D eigenvalue weighted by molar-refractivity contribution is -0.139. The quantitative estimate of drug-likeness (QED) is 0.495. The van der Waals surface area contributed by atoms with Crippen LogP contribution in [0.15, 0.2) is 84.9 Å². The fraction of sp³-hybridized carbons (Fsp3) is 0.259. The van der Waals surface area contributed by atoms with Crippen LogP contribution in [-0.2, 0) is 28.3 Å². The standard InChI is InChI=1S/C27H30N2O2S/c1-21-10-9-15-24(16-21)18-29(26(30)20-32-19-23-13-7-4-8-14-23)25(27(31)28-2)17-22-11-5-3-6-12-22/h3-16,25H,17-20H2,1-2H3,(H,28,31). The number of aryl methyl sites for hydroxylation is 1. The zero-order chi connectivity index (χ0) is 22.8. The highest BCUT2D eigenvalue weighted by Gasteiger charge is 2.29. The van der Waals surface area contributed by atoms with Gasteiger partial charge in [-0.25, -0.2) is 0 Å². The third-order valence-corrected chi connectivity index (χ3v) is 6.28. The van der Waals surface area contributed by atoms with Crippen molar-refractivity contribution in [2.75, 3.05) is 12.8 Å². The summed E-state index contributed by atoms with van der Waals surface area (Å²) in [5.74, 6) is 0.900. The zero-order valence-corrected chi connectivity index (χ0v) is 19.5. The number of hydrogen-bond donors (Lipinski definition) is 1. The van der Waals surface area contributed by atoms with Crippen LogP contribution < -0.4 is 5.32 Å². The maximum Gasteiger partial charge on any atom is 0.242 e. The zero-order valence-electron chi connectivity index (χ0n) is 18.7. The van der Waals surface area contributed by atoms with E-state index in [1.54, 1.807) is 23.7 Å². The molecule has 0 saturated carbocycles. The number of nitrogens with zero attached hydrogens (tertiary/aromatic N) is 1. The summed E-state index contributed by atoms with van der Waals surface area (Å²) in [4.78, 5) is 28.0. The van der Waals surface area contributed by atoms with E-state index in [1.807, 2.05) is 73.7 Å². The van der Waals surface area contributed by atoms with Crippen molar-refractivity contribution >= 4 is 23.6 Å². The summed E-state index contributed by atoms with van der Waals surface area (Å²) < 4.78 is 0. The van der Waals surface area contributed by atoms with Gasteiger partial charge in [0, 0.05) is 25.8 Å². The minimum Gasteiger partial charge on any atom is -0.357 e. The molecule has 0 aliphatic heterocycles. The molecule has 0 aromatic heterocycles. The number of likely N-dealkylation sites (N-methyl/N-ethyl adjacent to an activating group) is 1. The maximum atomic E-state index is 13.4. The highest BCUT2D eigenvalue weighted by Crippen LogP contribution is 2.19. The first-order chi connectivity index (χ1) is 15.6. The minimum atomic E-state index is -0.576. The molecule has 2 amide bonds. The molecule has 0 spiro atoms. The van der Waals surface area contributed by atoms with Gasteiger partial charge in [0.15, 0.2) is 0 Å². The molecule has 3 rings (SSSR count). The predicted octanol–water partition coefficient (Wildman–Crippen LogP) is 4.61. The van der Waals surface area contributed by atoms with Gasteiger partial charge in [-0.2, -0.15) is 0 Å². The van der Waals surface area contributed by atoms with Crippen LogP contribution >= 0.6 is 11.8 Å². The first-order valence-electron chi connectivity index (χ1n) is 10.8. The molecule has 0 radical (unpaired) electrons. The molecule has 3 aromatic rings. The maximum absolute atomic E-state index is 13.4. The van der Waals surface area contributed by atoms with Gasteiger partial charge in [-0.05, 0) is 23.6 Å². The summed E-state index contributed by atoms with van der Waals surface area (Å²) >= 11 is 1.58. The van der Waals surface area contributed by atoms with Crippen LogP contribution in [0.2, 0.25) is 0 Å². The lowest BCUT2D eigenvalue weighted by Gasteiger charge is -2.31. The van der Waals surface area contributed by atoms with Crippen LogP contribution in [0.4, 0.5) is 0 Å². The van der Waals surface area contributed by atoms with Crippen molar-refractivity contribution in [1.29, 1.82) is 0 Å². The summed E-state index contributed by atoms with van der Waals surface area (Å²) in [6, 6.07) is 27.5. The van der Waals surface area contributed by atoms with Crippen molar-refractivity contribution in [3.63, 3.8) is 0 Å². The molecule has 0 heterocycles. The Hall–Kier alpha value is -3.05. The molecule has 1 unspecified atom stereocenters. The van der Waals surface area contributed by atoms with Gasteiger partial charge in [0.05, 0.1) is 5.75 Å². The number of benzene rings is 3. The second-order valence-electron chi connectivity index (χ2n) is 7.81. The number of carbonyl (C=O) groups excluding carboxylic acids is 2. The van der Waals surface area contributed by atoms with Crippen molar-refractivity contribution < 1.29 is 9.59 Å². The lowest BCUT2D eigenvalue weighted by atomic mass is 10.0. The van der Waals surface area contributed by atoms with E-state index in [0.29, 0.717) is 18.7 Å². The normalized spacial score (nSPS) is 11.6. The Morgan fingerprint density at radius 1 is 0.875 bits per heavy atom. The Kier molecular flexibility index (Phi) is 8.93. The fourth-order valence-electron chi connectivity index (χ4n) is 3.64. The highest BCUT2D eigenvalue weighted by atomic mass is 32.2. The van der Waals surface area contributed by atoms with E-state index in [-0.39, 0.29) is 11.8 Å².